The maximum absolute atomic E-state index is 13.1. The van der Waals surface area contributed by atoms with E-state index in [1.165, 1.54) is 16.8 Å². The summed E-state index contributed by atoms with van der Waals surface area (Å²) in [5.41, 5.74) is 0.989. The first-order valence-electron chi connectivity index (χ1n) is 10.8. The normalized spacial score (nSPS) is 15.0. The lowest BCUT2D eigenvalue weighted by Gasteiger charge is -2.35. The number of hydrogen-bond donors (Lipinski definition) is 1. The molecule has 32 heavy (non-hydrogen) atoms. The van der Waals surface area contributed by atoms with E-state index in [-0.39, 0.29) is 23.5 Å². The molecule has 9 nitrogen and oxygen atoms in total. The minimum absolute atomic E-state index is 0.250. The van der Waals surface area contributed by atoms with Crippen LogP contribution in [0.25, 0.3) is 5.69 Å². The average Bonchev–Trinajstić information content (AvgIpc) is 3.12. The summed E-state index contributed by atoms with van der Waals surface area (Å²) in [5.74, 6) is -0.624. The highest BCUT2D eigenvalue weighted by Crippen LogP contribution is 2.14. The molecule has 174 valence electrons. The van der Waals surface area contributed by atoms with Crippen LogP contribution in [0.4, 0.5) is 9.18 Å². The lowest BCUT2D eigenvalue weighted by atomic mass is 10.2. The lowest BCUT2D eigenvalue weighted by molar-refractivity contribution is 0.0144. The number of carbonyl (C=O) groups excluding carboxylic acids is 2. The Morgan fingerprint density at radius 3 is 2.41 bits per heavy atom. The zero-order chi connectivity index (χ0) is 23.3. The van der Waals surface area contributed by atoms with Gasteiger partial charge in [0.2, 0.25) is 0 Å². The van der Waals surface area contributed by atoms with E-state index in [4.69, 9.17) is 4.74 Å². The zero-order valence-corrected chi connectivity index (χ0v) is 19.1. The molecule has 0 spiro atoms. The van der Waals surface area contributed by atoms with E-state index in [0.29, 0.717) is 31.0 Å². The number of piperazine rings is 1. The molecule has 3 rings (SSSR count). The van der Waals surface area contributed by atoms with Gasteiger partial charge in [-0.3, -0.25) is 9.69 Å². The first-order chi connectivity index (χ1) is 15.1. The van der Waals surface area contributed by atoms with E-state index in [9.17, 15) is 14.0 Å². The van der Waals surface area contributed by atoms with Crippen molar-refractivity contribution in [3.63, 3.8) is 0 Å². The van der Waals surface area contributed by atoms with Crippen LogP contribution < -0.4 is 5.32 Å². The fourth-order valence-electron chi connectivity index (χ4n) is 3.44. The summed E-state index contributed by atoms with van der Waals surface area (Å²) in [7, 11) is 0. The molecule has 1 aliphatic rings. The van der Waals surface area contributed by atoms with Gasteiger partial charge in [-0.05, 0) is 64.9 Å². The van der Waals surface area contributed by atoms with Gasteiger partial charge in [0.1, 0.15) is 11.4 Å². The number of carbonyl (C=O) groups is 2. The van der Waals surface area contributed by atoms with Gasteiger partial charge in [0, 0.05) is 32.7 Å². The third-order valence-electron chi connectivity index (χ3n) is 5.14. The van der Waals surface area contributed by atoms with Gasteiger partial charge in [-0.25, -0.2) is 13.9 Å². The third kappa shape index (κ3) is 6.25. The van der Waals surface area contributed by atoms with Gasteiger partial charge in [-0.1, -0.05) is 5.21 Å². The fourth-order valence-corrected chi connectivity index (χ4v) is 3.44. The van der Waals surface area contributed by atoms with Crippen LogP contribution in [0, 0.1) is 12.7 Å². The molecular weight excluding hydrogens is 415 g/mol. The number of ether oxygens (including phenoxy) is 1. The Morgan fingerprint density at radius 2 is 1.78 bits per heavy atom. The molecule has 1 saturated heterocycles. The molecule has 2 heterocycles. The average molecular weight is 447 g/mol. The summed E-state index contributed by atoms with van der Waals surface area (Å²) in [5, 5.41) is 10.9. The predicted molar refractivity (Wildman–Crippen MR) is 117 cm³/mol. The van der Waals surface area contributed by atoms with Crippen molar-refractivity contribution in [1.82, 2.24) is 30.1 Å². The molecule has 0 unspecified atom stereocenters. The van der Waals surface area contributed by atoms with Gasteiger partial charge < -0.3 is 15.0 Å². The van der Waals surface area contributed by atoms with Crippen molar-refractivity contribution >= 4 is 12.0 Å². The number of nitrogens with zero attached hydrogens (tertiary/aromatic N) is 5. The number of hydrogen-bond acceptors (Lipinski definition) is 6. The number of rotatable bonds is 6. The van der Waals surface area contributed by atoms with Crippen LogP contribution in [0.3, 0.4) is 0 Å². The van der Waals surface area contributed by atoms with E-state index in [0.717, 1.165) is 26.1 Å². The molecule has 0 radical (unpaired) electrons. The molecule has 1 fully saturated rings. The van der Waals surface area contributed by atoms with Crippen molar-refractivity contribution in [3.8, 4) is 5.69 Å². The molecule has 0 saturated carbocycles. The Labute approximate surface area is 187 Å². The number of benzene rings is 1. The highest BCUT2D eigenvalue weighted by atomic mass is 19.1. The summed E-state index contributed by atoms with van der Waals surface area (Å²) in [6.07, 6.45) is 0.511. The van der Waals surface area contributed by atoms with Crippen molar-refractivity contribution < 1.29 is 18.7 Å². The Morgan fingerprint density at radius 1 is 1.12 bits per heavy atom. The summed E-state index contributed by atoms with van der Waals surface area (Å²) in [4.78, 5) is 28.6. The van der Waals surface area contributed by atoms with Gasteiger partial charge in [0.05, 0.1) is 11.4 Å². The number of aromatic nitrogens is 3. The standard InChI is InChI=1S/C22H31FN6O3/c1-16-19(25-26-29(16)18-8-6-17(23)7-9-18)20(30)24-10-5-11-27-12-14-28(15-13-27)21(31)32-22(2,3)4/h6-9H,5,10-15H2,1-4H3,(H,24,30). The maximum atomic E-state index is 13.1. The van der Waals surface area contributed by atoms with Crippen LogP contribution in [0.1, 0.15) is 43.4 Å². The number of nitrogens with one attached hydrogen (secondary N) is 1. The largest absolute Gasteiger partial charge is 0.444 e. The number of halogens is 1. The van der Waals surface area contributed by atoms with Crippen molar-refractivity contribution in [1.29, 1.82) is 0 Å². The second kappa shape index (κ2) is 10.1. The van der Waals surface area contributed by atoms with Gasteiger partial charge in [-0.2, -0.15) is 0 Å². The molecule has 0 atom stereocenters. The fraction of sp³-hybridized carbons (Fsp3) is 0.545. The van der Waals surface area contributed by atoms with Crippen LogP contribution >= 0.6 is 0 Å². The van der Waals surface area contributed by atoms with E-state index < -0.39 is 5.60 Å². The molecule has 0 bridgehead atoms. The molecule has 1 N–H and O–H groups in total. The second-order valence-electron chi connectivity index (χ2n) is 8.83. The monoisotopic (exact) mass is 446 g/mol. The summed E-state index contributed by atoms with van der Waals surface area (Å²) < 4.78 is 20.0. The molecule has 0 aliphatic carbocycles. The summed E-state index contributed by atoms with van der Waals surface area (Å²) in [6, 6.07) is 5.84. The van der Waals surface area contributed by atoms with Crippen LogP contribution in [-0.2, 0) is 4.74 Å². The highest BCUT2D eigenvalue weighted by Gasteiger charge is 2.25. The minimum Gasteiger partial charge on any atom is -0.444 e. The number of amides is 2. The van der Waals surface area contributed by atoms with Crippen LogP contribution in [0.15, 0.2) is 24.3 Å². The van der Waals surface area contributed by atoms with Crippen molar-refractivity contribution in [2.45, 2.75) is 39.7 Å². The molecule has 1 aromatic carbocycles. The van der Waals surface area contributed by atoms with Gasteiger partial charge in [-0.15, -0.1) is 5.10 Å². The Kier molecular flexibility index (Phi) is 7.44. The topological polar surface area (TPSA) is 92.6 Å². The van der Waals surface area contributed by atoms with Gasteiger partial charge in [0.25, 0.3) is 5.91 Å². The van der Waals surface area contributed by atoms with Gasteiger partial charge >= 0.3 is 6.09 Å². The van der Waals surface area contributed by atoms with E-state index in [1.807, 2.05) is 20.8 Å². The first kappa shape index (κ1) is 23.6. The summed E-state index contributed by atoms with van der Waals surface area (Å²) >= 11 is 0. The Bertz CT molecular complexity index is 930. The van der Waals surface area contributed by atoms with Crippen LogP contribution in [-0.4, -0.2) is 81.7 Å². The quantitative estimate of drug-likeness (QED) is 0.685. The molecule has 1 aromatic heterocycles. The Hall–Kier alpha value is -3.01. The zero-order valence-electron chi connectivity index (χ0n) is 19.1. The van der Waals surface area contributed by atoms with Crippen molar-refractivity contribution in [3.05, 3.63) is 41.5 Å². The molecule has 2 amide bonds. The first-order valence-corrected chi connectivity index (χ1v) is 10.8. The van der Waals surface area contributed by atoms with E-state index in [1.54, 1.807) is 24.0 Å². The highest BCUT2D eigenvalue weighted by molar-refractivity contribution is 5.93. The van der Waals surface area contributed by atoms with Gasteiger partial charge in [0.15, 0.2) is 5.69 Å². The Balaban J connectivity index is 1.40. The van der Waals surface area contributed by atoms with Crippen LogP contribution in [0.5, 0.6) is 0 Å². The second-order valence-corrected chi connectivity index (χ2v) is 8.83. The third-order valence-corrected chi connectivity index (χ3v) is 5.14. The minimum atomic E-state index is -0.491. The van der Waals surface area contributed by atoms with Crippen LogP contribution in [0.2, 0.25) is 0 Å². The van der Waals surface area contributed by atoms with E-state index in [2.05, 4.69) is 20.5 Å². The van der Waals surface area contributed by atoms with Crippen molar-refractivity contribution in [2.24, 2.45) is 0 Å². The molecule has 1 aliphatic heterocycles. The summed E-state index contributed by atoms with van der Waals surface area (Å²) in [6.45, 7) is 11.5. The predicted octanol–water partition coefficient (Wildman–Crippen LogP) is 2.39. The maximum Gasteiger partial charge on any atom is 0.410 e. The SMILES string of the molecule is Cc1c(C(=O)NCCCN2CCN(C(=O)OC(C)(C)C)CC2)nnn1-c1ccc(F)cc1. The van der Waals surface area contributed by atoms with Crippen molar-refractivity contribution in [2.75, 3.05) is 39.3 Å². The molecule has 2 aromatic rings. The van der Waals surface area contributed by atoms with E-state index >= 15 is 0 Å². The lowest BCUT2D eigenvalue weighted by Crippen LogP contribution is -2.50. The molecular formula is C22H31FN6O3. The molecule has 10 heteroatoms. The smallest absolute Gasteiger partial charge is 0.410 e.